The number of aryl methyl sites for hydroxylation is 1. The fourth-order valence-corrected chi connectivity index (χ4v) is 4.57. The molecule has 0 aliphatic carbocycles. The molecule has 24 heavy (non-hydrogen) atoms. The predicted octanol–water partition coefficient (Wildman–Crippen LogP) is 6.47. The highest BCUT2D eigenvalue weighted by Gasteiger charge is 2.14. The summed E-state index contributed by atoms with van der Waals surface area (Å²) in [5, 5.41) is 13.1. The lowest BCUT2D eigenvalue weighted by Gasteiger charge is -2.03. The van der Waals surface area contributed by atoms with E-state index in [1.165, 1.54) is 0 Å². The molecule has 0 bridgehead atoms. The van der Waals surface area contributed by atoms with Gasteiger partial charge in [0, 0.05) is 13.4 Å². The Bertz CT molecular complexity index is 896. The third kappa shape index (κ3) is 3.45. The molecule has 0 fully saturated rings. The van der Waals surface area contributed by atoms with Gasteiger partial charge in [-0.05, 0) is 63.0 Å². The third-order valence-corrected chi connectivity index (χ3v) is 4.96. The fraction of sp³-hybridized carbons (Fsp3) is 0.0625. The van der Waals surface area contributed by atoms with Gasteiger partial charge in [0.1, 0.15) is 5.69 Å². The van der Waals surface area contributed by atoms with Crippen molar-refractivity contribution in [2.45, 2.75) is 6.92 Å². The Balaban J connectivity index is 2.02. The number of aromatic nitrogens is 2. The van der Waals surface area contributed by atoms with Gasteiger partial charge in [-0.1, -0.05) is 34.1 Å². The van der Waals surface area contributed by atoms with Gasteiger partial charge in [-0.15, -0.1) is 10.2 Å². The van der Waals surface area contributed by atoms with Crippen molar-refractivity contribution < 1.29 is 0 Å². The molecule has 122 valence electrons. The summed E-state index contributed by atoms with van der Waals surface area (Å²) >= 11 is 10.4. The second kappa shape index (κ2) is 7.16. The van der Waals surface area contributed by atoms with E-state index in [0.29, 0.717) is 22.9 Å². The monoisotopic (exact) mass is 511 g/mol. The number of para-hydroxylation sites is 1. The van der Waals surface area contributed by atoms with E-state index in [9.17, 15) is 0 Å². The van der Waals surface area contributed by atoms with Crippen molar-refractivity contribution >= 4 is 65.0 Å². The Morgan fingerprint density at radius 3 is 2.17 bits per heavy atom. The summed E-state index contributed by atoms with van der Waals surface area (Å²) in [5.41, 5.74) is 9.05. The lowest BCUT2D eigenvalue weighted by atomic mass is 10.3. The second-order valence-corrected chi connectivity index (χ2v) is 7.61. The highest BCUT2D eigenvalue weighted by molar-refractivity contribution is 9.11. The number of nitrogens with two attached hydrogens (primary N) is 1. The number of halogens is 3. The fourth-order valence-electron chi connectivity index (χ4n) is 2.16. The predicted molar refractivity (Wildman–Crippen MR) is 106 cm³/mol. The Morgan fingerprint density at radius 2 is 1.54 bits per heavy atom. The molecule has 0 amide bonds. The molecule has 0 saturated heterocycles. The van der Waals surface area contributed by atoms with Crippen molar-refractivity contribution in [3.63, 3.8) is 0 Å². The second-order valence-electron chi connectivity index (χ2n) is 4.98. The van der Waals surface area contributed by atoms with Crippen LogP contribution in [0.3, 0.4) is 0 Å². The number of rotatable bonds is 3. The zero-order valence-corrected chi connectivity index (χ0v) is 17.3. The van der Waals surface area contributed by atoms with Gasteiger partial charge in [0.15, 0.2) is 11.5 Å². The van der Waals surface area contributed by atoms with Gasteiger partial charge in [-0.2, -0.15) is 5.10 Å². The summed E-state index contributed by atoms with van der Waals surface area (Å²) in [6.07, 6.45) is 0. The number of anilines is 1. The summed E-state index contributed by atoms with van der Waals surface area (Å²) in [6.45, 7) is 1.86. The van der Waals surface area contributed by atoms with Crippen LogP contribution in [0.2, 0.25) is 0 Å². The van der Waals surface area contributed by atoms with Crippen molar-refractivity contribution in [2.24, 2.45) is 10.2 Å². The third-order valence-electron chi connectivity index (χ3n) is 3.30. The molecule has 0 aliphatic heterocycles. The number of hydrogen-bond acceptors (Lipinski definition) is 4. The summed E-state index contributed by atoms with van der Waals surface area (Å²) in [6, 6.07) is 13.5. The van der Waals surface area contributed by atoms with Crippen LogP contribution < -0.4 is 5.73 Å². The van der Waals surface area contributed by atoms with Crippen LogP contribution in [0.25, 0.3) is 5.69 Å². The van der Waals surface area contributed by atoms with E-state index in [1.54, 1.807) is 4.68 Å². The van der Waals surface area contributed by atoms with Gasteiger partial charge in [0.25, 0.3) is 0 Å². The lowest BCUT2D eigenvalue weighted by molar-refractivity contribution is 0.872. The van der Waals surface area contributed by atoms with E-state index in [0.717, 1.165) is 19.1 Å². The summed E-state index contributed by atoms with van der Waals surface area (Å²) in [4.78, 5) is 0. The molecule has 5 nitrogen and oxygen atoms in total. The molecule has 3 rings (SSSR count). The number of nitrogens with zero attached hydrogens (tertiary/aromatic N) is 4. The molecule has 2 N–H and O–H groups in total. The minimum Gasteiger partial charge on any atom is -0.382 e. The highest BCUT2D eigenvalue weighted by Crippen LogP contribution is 2.38. The number of hydrogen-bond donors (Lipinski definition) is 1. The van der Waals surface area contributed by atoms with Crippen LogP contribution >= 0.6 is 47.8 Å². The van der Waals surface area contributed by atoms with Gasteiger partial charge >= 0.3 is 0 Å². The van der Waals surface area contributed by atoms with Crippen molar-refractivity contribution in [2.75, 3.05) is 5.73 Å². The molecule has 1 heterocycles. The van der Waals surface area contributed by atoms with Crippen molar-refractivity contribution in [3.8, 4) is 5.69 Å². The Hall–Kier alpha value is -1.51. The molecule has 0 saturated carbocycles. The highest BCUT2D eigenvalue weighted by atomic mass is 79.9. The minimum absolute atomic E-state index is 0.451. The molecule has 3 aromatic rings. The van der Waals surface area contributed by atoms with Crippen LogP contribution in [0.5, 0.6) is 0 Å². The molecule has 1 aromatic heterocycles. The van der Waals surface area contributed by atoms with Crippen LogP contribution in [-0.4, -0.2) is 9.78 Å². The van der Waals surface area contributed by atoms with E-state index in [-0.39, 0.29) is 0 Å². The molecule has 0 spiro atoms. The molecule has 2 aromatic carbocycles. The van der Waals surface area contributed by atoms with E-state index >= 15 is 0 Å². The van der Waals surface area contributed by atoms with E-state index < -0.39 is 0 Å². The van der Waals surface area contributed by atoms with E-state index in [2.05, 4.69) is 63.1 Å². The maximum atomic E-state index is 6.22. The van der Waals surface area contributed by atoms with Gasteiger partial charge < -0.3 is 5.73 Å². The minimum atomic E-state index is 0.451. The normalized spacial score (nSPS) is 11.3. The standard InChI is InChI=1S/C16H12Br3N5/c1-9-14(16(20)24(23-9)11-5-3-2-4-6-11)21-22-15-12(18)7-10(17)8-13(15)19/h2-8H,20H2,1H3. The topological polar surface area (TPSA) is 68.6 Å². The molecule has 0 aliphatic rings. The Morgan fingerprint density at radius 1 is 0.958 bits per heavy atom. The lowest BCUT2D eigenvalue weighted by Crippen LogP contribution is -2.01. The molecule has 8 heteroatoms. The Kier molecular flexibility index (Phi) is 5.17. The first kappa shape index (κ1) is 17.3. The van der Waals surface area contributed by atoms with Crippen LogP contribution in [-0.2, 0) is 0 Å². The van der Waals surface area contributed by atoms with Crippen LogP contribution in [0, 0.1) is 6.92 Å². The average Bonchev–Trinajstić information content (AvgIpc) is 2.82. The van der Waals surface area contributed by atoms with Crippen LogP contribution in [0.15, 0.2) is 66.1 Å². The largest absolute Gasteiger partial charge is 0.382 e. The number of nitrogen functional groups attached to an aromatic ring is 1. The van der Waals surface area contributed by atoms with Crippen molar-refractivity contribution in [1.29, 1.82) is 0 Å². The zero-order valence-electron chi connectivity index (χ0n) is 12.5. The maximum Gasteiger partial charge on any atom is 0.155 e. The van der Waals surface area contributed by atoms with Crippen LogP contribution in [0.1, 0.15) is 5.69 Å². The SMILES string of the molecule is Cc1nn(-c2ccccc2)c(N)c1N=Nc1c(Br)cc(Br)cc1Br. The summed E-state index contributed by atoms with van der Waals surface area (Å²) in [5.74, 6) is 0.451. The number of benzene rings is 2. The first-order valence-electron chi connectivity index (χ1n) is 6.94. The average molecular weight is 514 g/mol. The van der Waals surface area contributed by atoms with E-state index in [4.69, 9.17) is 5.73 Å². The van der Waals surface area contributed by atoms with Crippen molar-refractivity contribution in [1.82, 2.24) is 9.78 Å². The van der Waals surface area contributed by atoms with Gasteiger partial charge in [0.05, 0.1) is 11.4 Å². The molecular formula is C16H12Br3N5. The van der Waals surface area contributed by atoms with Crippen LogP contribution in [0.4, 0.5) is 17.2 Å². The van der Waals surface area contributed by atoms with Gasteiger partial charge in [0.2, 0.25) is 0 Å². The Labute approximate surface area is 164 Å². The smallest absolute Gasteiger partial charge is 0.155 e. The first-order chi connectivity index (χ1) is 11.5. The molecule has 0 radical (unpaired) electrons. The molecular weight excluding hydrogens is 502 g/mol. The zero-order chi connectivity index (χ0) is 17.3. The molecule has 0 atom stereocenters. The maximum absolute atomic E-state index is 6.22. The van der Waals surface area contributed by atoms with E-state index in [1.807, 2.05) is 49.4 Å². The molecule has 0 unspecified atom stereocenters. The van der Waals surface area contributed by atoms with Gasteiger partial charge in [-0.3, -0.25) is 0 Å². The quantitative estimate of drug-likeness (QED) is 0.408. The summed E-state index contributed by atoms with van der Waals surface area (Å²) in [7, 11) is 0. The summed E-state index contributed by atoms with van der Waals surface area (Å²) < 4.78 is 4.24. The van der Waals surface area contributed by atoms with Crippen molar-refractivity contribution in [3.05, 3.63) is 61.6 Å². The number of azo groups is 1. The first-order valence-corrected chi connectivity index (χ1v) is 9.32. The van der Waals surface area contributed by atoms with Gasteiger partial charge in [-0.25, -0.2) is 4.68 Å².